The van der Waals surface area contributed by atoms with Crippen LogP contribution in [0.1, 0.15) is 51.0 Å². The molecule has 1 fully saturated rings. The third kappa shape index (κ3) is 6.32. The molecule has 0 spiro atoms. The Morgan fingerprint density at radius 2 is 2.23 bits per heavy atom. The van der Waals surface area contributed by atoms with E-state index in [0.717, 1.165) is 32.1 Å². The highest BCUT2D eigenvalue weighted by Gasteiger charge is 2.13. The maximum atomic E-state index is 5.69. The number of pyridine rings is 1. The zero-order chi connectivity index (χ0) is 15.5. The molecule has 4 heteroatoms. The molecule has 2 N–H and O–H groups in total. The summed E-state index contributed by atoms with van der Waals surface area (Å²) in [5.74, 6) is 1.08. The Hall–Kier alpha value is -1.13. The van der Waals surface area contributed by atoms with Crippen molar-refractivity contribution in [2.45, 2.75) is 58.0 Å². The first-order chi connectivity index (χ1) is 10.9. The van der Waals surface area contributed by atoms with Gasteiger partial charge in [0.1, 0.15) is 5.82 Å². The highest BCUT2D eigenvalue weighted by Crippen LogP contribution is 2.17. The zero-order valence-electron chi connectivity index (χ0n) is 13.9. The lowest BCUT2D eigenvalue weighted by atomic mass is 10.1. The molecule has 0 saturated carbocycles. The molecule has 3 rings (SSSR count). The Labute approximate surface area is 135 Å². The first-order valence-corrected chi connectivity index (χ1v) is 8.90. The summed E-state index contributed by atoms with van der Waals surface area (Å²) in [7, 11) is 0. The van der Waals surface area contributed by atoms with E-state index in [1.807, 2.05) is 12.3 Å². The van der Waals surface area contributed by atoms with E-state index in [0.29, 0.717) is 6.10 Å². The van der Waals surface area contributed by atoms with Crippen LogP contribution in [0.15, 0.2) is 18.3 Å². The number of hydrogen-bond acceptors (Lipinski definition) is 4. The topological polar surface area (TPSA) is 46.2 Å². The van der Waals surface area contributed by atoms with Gasteiger partial charge in [-0.05, 0) is 43.9 Å². The van der Waals surface area contributed by atoms with Gasteiger partial charge in [-0.3, -0.25) is 0 Å². The average Bonchev–Trinajstić information content (AvgIpc) is 3.09. The van der Waals surface area contributed by atoms with Crippen molar-refractivity contribution >= 4 is 5.82 Å². The van der Waals surface area contributed by atoms with Gasteiger partial charge in [0, 0.05) is 25.9 Å². The van der Waals surface area contributed by atoms with Crippen LogP contribution in [-0.2, 0) is 11.2 Å². The number of anilines is 1. The number of fused-ring (bicyclic) bond motifs is 1. The van der Waals surface area contributed by atoms with E-state index in [-0.39, 0.29) is 0 Å². The lowest BCUT2D eigenvalue weighted by Crippen LogP contribution is -2.17. The predicted molar refractivity (Wildman–Crippen MR) is 92.4 cm³/mol. The van der Waals surface area contributed by atoms with Gasteiger partial charge in [-0.1, -0.05) is 32.3 Å². The number of aryl methyl sites for hydroxylation is 1. The van der Waals surface area contributed by atoms with Crippen molar-refractivity contribution in [3.05, 3.63) is 23.9 Å². The second kappa shape index (κ2) is 10.6. The minimum Gasteiger partial charge on any atom is -0.377 e. The third-order valence-corrected chi connectivity index (χ3v) is 4.17. The van der Waals surface area contributed by atoms with Crippen LogP contribution in [0.2, 0.25) is 0 Å². The molecule has 2 aliphatic heterocycles. The van der Waals surface area contributed by atoms with Gasteiger partial charge in [-0.25, -0.2) is 4.98 Å². The number of rotatable bonds is 6. The molecule has 1 atom stereocenters. The summed E-state index contributed by atoms with van der Waals surface area (Å²) in [5, 5.41) is 6.55. The average molecular weight is 305 g/mol. The van der Waals surface area contributed by atoms with Gasteiger partial charge in [-0.15, -0.1) is 0 Å². The van der Waals surface area contributed by atoms with Crippen LogP contribution >= 0.6 is 0 Å². The minimum absolute atomic E-state index is 0.506. The second-order valence-electron chi connectivity index (χ2n) is 6.09. The fraction of sp³-hybridized carbons (Fsp3) is 0.722. The van der Waals surface area contributed by atoms with Crippen molar-refractivity contribution in [2.75, 3.05) is 31.6 Å². The molecular formula is C18H31N3O. The van der Waals surface area contributed by atoms with Gasteiger partial charge in [0.2, 0.25) is 0 Å². The molecule has 1 saturated heterocycles. The summed E-state index contributed by atoms with van der Waals surface area (Å²) in [6.07, 6.45) is 11.2. The quantitative estimate of drug-likeness (QED) is 0.791. The number of nitrogens with zero attached hydrogens (tertiary/aromatic N) is 1. The standard InChI is InChI=1S/C10H21NO.C8H10N2/c1-2-3-4-5-8-12-10-6-7-11-9-10;1-3-7-4-2-6-10-8(7)9-5-1/h10-11H,2-9H2,1H3;1,3,5H,2,4,6H2,(H,9,10). The van der Waals surface area contributed by atoms with Crippen LogP contribution in [0.5, 0.6) is 0 Å². The normalized spacial score (nSPS) is 19.8. The Balaban J connectivity index is 0.000000162. The van der Waals surface area contributed by atoms with E-state index in [2.05, 4.69) is 28.6 Å². The summed E-state index contributed by atoms with van der Waals surface area (Å²) < 4.78 is 5.69. The number of unbranched alkanes of at least 4 members (excludes halogenated alkanes) is 3. The molecule has 0 radical (unpaired) electrons. The molecule has 3 heterocycles. The van der Waals surface area contributed by atoms with Crippen molar-refractivity contribution in [2.24, 2.45) is 0 Å². The van der Waals surface area contributed by atoms with E-state index in [1.54, 1.807) is 0 Å². The van der Waals surface area contributed by atoms with Crippen LogP contribution in [0.25, 0.3) is 0 Å². The summed E-state index contributed by atoms with van der Waals surface area (Å²) in [6.45, 7) is 6.48. The van der Waals surface area contributed by atoms with E-state index in [9.17, 15) is 0 Å². The minimum atomic E-state index is 0.506. The molecular weight excluding hydrogens is 274 g/mol. The maximum absolute atomic E-state index is 5.69. The molecule has 0 bridgehead atoms. The van der Waals surface area contributed by atoms with Crippen molar-refractivity contribution in [3.8, 4) is 0 Å². The monoisotopic (exact) mass is 305 g/mol. The van der Waals surface area contributed by atoms with E-state index in [4.69, 9.17) is 4.74 Å². The van der Waals surface area contributed by atoms with Crippen LogP contribution in [-0.4, -0.2) is 37.3 Å². The first kappa shape index (κ1) is 17.2. The Bertz CT molecular complexity index is 380. The lowest BCUT2D eigenvalue weighted by molar-refractivity contribution is 0.0642. The number of ether oxygens (including phenoxy) is 1. The molecule has 0 amide bonds. The van der Waals surface area contributed by atoms with E-state index >= 15 is 0 Å². The summed E-state index contributed by atoms with van der Waals surface area (Å²) in [5.41, 5.74) is 1.36. The van der Waals surface area contributed by atoms with Gasteiger partial charge in [0.25, 0.3) is 0 Å². The van der Waals surface area contributed by atoms with Gasteiger partial charge in [0.15, 0.2) is 0 Å². The summed E-state index contributed by atoms with van der Waals surface area (Å²) >= 11 is 0. The van der Waals surface area contributed by atoms with Crippen molar-refractivity contribution in [3.63, 3.8) is 0 Å². The number of hydrogen-bond donors (Lipinski definition) is 2. The van der Waals surface area contributed by atoms with Gasteiger partial charge in [-0.2, -0.15) is 0 Å². The Morgan fingerprint density at radius 3 is 3.00 bits per heavy atom. The van der Waals surface area contributed by atoms with Gasteiger partial charge < -0.3 is 15.4 Å². The first-order valence-electron chi connectivity index (χ1n) is 8.90. The largest absolute Gasteiger partial charge is 0.377 e. The fourth-order valence-electron chi connectivity index (χ4n) is 2.83. The van der Waals surface area contributed by atoms with Crippen LogP contribution in [0.3, 0.4) is 0 Å². The molecule has 4 nitrogen and oxygen atoms in total. The van der Waals surface area contributed by atoms with Gasteiger partial charge >= 0.3 is 0 Å². The summed E-state index contributed by atoms with van der Waals surface area (Å²) in [6, 6.07) is 4.13. The molecule has 2 aliphatic rings. The molecule has 124 valence electrons. The molecule has 1 aromatic rings. The van der Waals surface area contributed by atoms with Crippen LogP contribution < -0.4 is 10.6 Å². The second-order valence-corrected chi connectivity index (χ2v) is 6.09. The summed E-state index contributed by atoms with van der Waals surface area (Å²) in [4.78, 5) is 4.21. The third-order valence-electron chi connectivity index (χ3n) is 4.17. The maximum Gasteiger partial charge on any atom is 0.129 e. The molecule has 22 heavy (non-hydrogen) atoms. The number of nitrogens with one attached hydrogen (secondary N) is 2. The van der Waals surface area contributed by atoms with E-state index in [1.165, 1.54) is 50.5 Å². The Kier molecular flexibility index (Phi) is 8.28. The highest BCUT2D eigenvalue weighted by molar-refractivity contribution is 5.45. The molecule has 1 unspecified atom stereocenters. The Morgan fingerprint density at radius 1 is 1.27 bits per heavy atom. The lowest BCUT2D eigenvalue weighted by Gasteiger charge is -2.15. The molecule has 0 aliphatic carbocycles. The smallest absolute Gasteiger partial charge is 0.129 e. The molecule has 0 aromatic carbocycles. The van der Waals surface area contributed by atoms with Crippen LogP contribution in [0.4, 0.5) is 5.82 Å². The molecule has 1 aromatic heterocycles. The predicted octanol–water partition coefficient (Wildman–Crippen LogP) is 3.38. The van der Waals surface area contributed by atoms with Crippen molar-refractivity contribution in [1.29, 1.82) is 0 Å². The SMILES string of the molecule is CCCCCCOC1CCNC1.c1cnc2c(c1)CCCN2. The van der Waals surface area contributed by atoms with E-state index < -0.39 is 0 Å². The fourth-order valence-corrected chi connectivity index (χ4v) is 2.83. The number of aromatic nitrogens is 1. The zero-order valence-corrected chi connectivity index (χ0v) is 13.9. The van der Waals surface area contributed by atoms with Crippen molar-refractivity contribution < 1.29 is 4.74 Å². The van der Waals surface area contributed by atoms with Crippen LogP contribution in [0, 0.1) is 0 Å². The van der Waals surface area contributed by atoms with Gasteiger partial charge in [0.05, 0.1) is 6.10 Å². The van der Waals surface area contributed by atoms with Crippen molar-refractivity contribution in [1.82, 2.24) is 10.3 Å². The highest BCUT2D eigenvalue weighted by atomic mass is 16.5.